The van der Waals surface area contributed by atoms with E-state index in [2.05, 4.69) is 31.0 Å². The standard InChI is InChI=1S/C12H17NO/c1-9(2)5-6-11-7-8-12(14-4)13-10(11)3/h5,7-8H,6H2,1-4H3. The number of methoxy groups -OCH3 is 1. The smallest absolute Gasteiger partial charge is 0.213 e. The Hall–Kier alpha value is -1.31. The van der Waals surface area contributed by atoms with E-state index in [0.29, 0.717) is 5.88 Å². The minimum Gasteiger partial charge on any atom is -0.481 e. The molecule has 0 spiro atoms. The molecule has 0 aliphatic heterocycles. The summed E-state index contributed by atoms with van der Waals surface area (Å²) in [5, 5.41) is 0. The van der Waals surface area contributed by atoms with Crippen LogP contribution in [0.2, 0.25) is 0 Å². The fourth-order valence-electron chi connectivity index (χ4n) is 1.21. The first kappa shape index (κ1) is 10.8. The van der Waals surface area contributed by atoms with Crippen molar-refractivity contribution in [3.8, 4) is 5.88 Å². The molecule has 0 aliphatic carbocycles. The molecule has 76 valence electrons. The van der Waals surface area contributed by atoms with Crippen LogP contribution in [0.4, 0.5) is 0 Å². The predicted molar refractivity (Wildman–Crippen MR) is 58.7 cm³/mol. The van der Waals surface area contributed by atoms with E-state index in [-0.39, 0.29) is 0 Å². The van der Waals surface area contributed by atoms with E-state index in [0.717, 1.165) is 12.1 Å². The molecule has 1 rings (SSSR count). The lowest BCUT2D eigenvalue weighted by Gasteiger charge is -2.04. The highest BCUT2D eigenvalue weighted by Gasteiger charge is 1.99. The first-order valence-electron chi connectivity index (χ1n) is 4.77. The summed E-state index contributed by atoms with van der Waals surface area (Å²) in [5.41, 5.74) is 3.63. The largest absolute Gasteiger partial charge is 0.481 e. The van der Waals surface area contributed by atoms with E-state index in [1.807, 2.05) is 13.0 Å². The molecule has 0 bridgehead atoms. The van der Waals surface area contributed by atoms with Gasteiger partial charge in [-0.2, -0.15) is 0 Å². The molecule has 0 fully saturated rings. The molecule has 0 radical (unpaired) electrons. The predicted octanol–water partition coefficient (Wildman–Crippen LogP) is 2.91. The van der Waals surface area contributed by atoms with Crippen LogP contribution in [0, 0.1) is 6.92 Å². The Morgan fingerprint density at radius 3 is 2.64 bits per heavy atom. The number of aromatic nitrogens is 1. The molecule has 0 saturated heterocycles. The van der Waals surface area contributed by atoms with Crippen molar-refractivity contribution in [3.05, 3.63) is 35.0 Å². The molecule has 1 heterocycles. The molecule has 0 aromatic carbocycles. The number of hydrogen-bond acceptors (Lipinski definition) is 2. The van der Waals surface area contributed by atoms with E-state index in [1.54, 1.807) is 7.11 Å². The molecule has 2 nitrogen and oxygen atoms in total. The number of nitrogens with zero attached hydrogens (tertiary/aromatic N) is 1. The van der Waals surface area contributed by atoms with Gasteiger partial charge in [-0.1, -0.05) is 17.7 Å². The second-order valence-corrected chi connectivity index (χ2v) is 3.58. The Balaban J connectivity index is 2.84. The van der Waals surface area contributed by atoms with Gasteiger partial charge in [-0.25, -0.2) is 4.98 Å². The second-order valence-electron chi connectivity index (χ2n) is 3.58. The molecular weight excluding hydrogens is 174 g/mol. The van der Waals surface area contributed by atoms with Crippen LogP contribution in [0.5, 0.6) is 5.88 Å². The first-order chi connectivity index (χ1) is 6.63. The average molecular weight is 191 g/mol. The quantitative estimate of drug-likeness (QED) is 0.685. The highest BCUT2D eigenvalue weighted by Crippen LogP contribution is 2.13. The Kier molecular flexibility index (Phi) is 3.69. The van der Waals surface area contributed by atoms with E-state index >= 15 is 0 Å². The Morgan fingerprint density at radius 1 is 1.43 bits per heavy atom. The number of allylic oxidation sites excluding steroid dienone is 2. The number of rotatable bonds is 3. The van der Waals surface area contributed by atoms with Gasteiger partial charge in [0, 0.05) is 11.8 Å². The molecule has 0 aliphatic rings. The highest BCUT2D eigenvalue weighted by molar-refractivity contribution is 5.27. The topological polar surface area (TPSA) is 22.1 Å². The van der Waals surface area contributed by atoms with Crippen molar-refractivity contribution >= 4 is 0 Å². The number of ether oxygens (including phenoxy) is 1. The zero-order valence-electron chi connectivity index (χ0n) is 9.29. The number of pyridine rings is 1. The maximum Gasteiger partial charge on any atom is 0.213 e. The van der Waals surface area contributed by atoms with Crippen LogP contribution in [0.15, 0.2) is 23.8 Å². The van der Waals surface area contributed by atoms with Gasteiger partial charge in [-0.15, -0.1) is 0 Å². The normalized spacial score (nSPS) is 9.71. The van der Waals surface area contributed by atoms with Crippen molar-refractivity contribution in [3.63, 3.8) is 0 Å². The Bertz CT molecular complexity index is 338. The molecule has 1 aromatic heterocycles. The molecule has 1 aromatic rings. The van der Waals surface area contributed by atoms with Crippen LogP contribution in [-0.2, 0) is 6.42 Å². The van der Waals surface area contributed by atoms with Gasteiger partial charge in [0.15, 0.2) is 0 Å². The van der Waals surface area contributed by atoms with Gasteiger partial charge in [0.05, 0.1) is 7.11 Å². The first-order valence-corrected chi connectivity index (χ1v) is 4.77. The van der Waals surface area contributed by atoms with Gasteiger partial charge in [-0.3, -0.25) is 0 Å². The van der Waals surface area contributed by atoms with E-state index in [9.17, 15) is 0 Å². The van der Waals surface area contributed by atoms with Crippen molar-refractivity contribution in [2.75, 3.05) is 7.11 Å². The van der Waals surface area contributed by atoms with Crippen molar-refractivity contribution in [1.82, 2.24) is 4.98 Å². The molecule has 0 saturated carbocycles. The molecule has 0 unspecified atom stereocenters. The van der Waals surface area contributed by atoms with Crippen molar-refractivity contribution in [1.29, 1.82) is 0 Å². The summed E-state index contributed by atoms with van der Waals surface area (Å²) >= 11 is 0. The van der Waals surface area contributed by atoms with E-state index in [1.165, 1.54) is 11.1 Å². The second kappa shape index (κ2) is 4.80. The van der Waals surface area contributed by atoms with Crippen LogP contribution >= 0.6 is 0 Å². The molecule has 2 heteroatoms. The summed E-state index contributed by atoms with van der Waals surface area (Å²) < 4.78 is 5.05. The summed E-state index contributed by atoms with van der Waals surface area (Å²) in [6.07, 6.45) is 3.15. The summed E-state index contributed by atoms with van der Waals surface area (Å²) in [6.45, 7) is 6.22. The summed E-state index contributed by atoms with van der Waals surface area (Å²) in [4.78, 5) is 4.32. The molecule has 0 atom stereocenters. The molecule has 14 heavy (non-hydrogen) atoms. The van der Waals surface area contributed by atoms with Gasteiger partial charge >= 0.3 is 0 Å². The number of aryl methyl sites for hydroxylation is 1. The van der Waals surface area contributed by atoms with Crippen LogP contribution in [-0.4, -0.2) is 12.1 Å². The Labute approximate surface area is 85.6 Å². The monoisotopic (exact) mass is 191 g/mol. The van der Waals surface area contributed by atoms with Gasteiger partial charge < -0.3 is 4.74 Å². The zero-order valence-corrected chi connectivity index (χ0v) is 9.29. The highest BCUT2D eigenvalue weighted by atomic mass is 16.5. The van der Waals surface area contributed by atoms with Crippen LogP contribution in [0.3, 0.4) is 0 Å². The van der Waals surface area contributed by atoms with Gasteiger partial charge in [-0.05, 0) is 32.8 Å². The van der Waals surface area contributed by atoms with Crippen molar-refractivity contribution < 1.29 is 4.74 Å². The van der Waals surface area contributed by atoms with E-state index in [4.69, 9.17) is 4.74 Å². The maximum atomic E-state index is 5.05. The SMILES string of the molecule is COc1ccc(CC=C(C)C)c(C)n1. The lowest BCUT2D eigenvalue weighted by Crippen LogP contribution is -1.94. The molecule has 0 amide bonds. The third kappa shape index (κ3) is 2.87. The third-order valence-electron chi connectivity index (χ3n) is 2.11. The van der Waals surface area contributed by atoms with E-state index < -0.39 is 0 Å². The average Bonchev–Trinajstić information content (AvgIpc) is 2.15. The third-order valence-corrected chi connectivity index (χ3v) is 2.11. The zero-order chi connectivity index (χ0) is 10.6. The summed E-state index contributed by atoms with van der Waals surface area (Å²) in [5.74, 6) is 0.684. The van der Waals surface area contributed by atoms with Gasteiger partial charge in [0.25, 0.3) is 0 Å². The fourth-order valence-corrected chi connectivity index (χ4v) is 1.21. The fraction of sp³-hybridized carbons (Fsp3) is 0.417. The minimum absolute atomic E-state index is 0.684. The van der Waals surface area contributed by atoms with Crippen LogP contribution in [0.1, 0.15) is 25.1 Å². The van der Waals surface area contributed by atoms with Crippen LogP contribution in [0.25, 0.3) is 0 Å². The van der Waals surface area contributed by atoms with Crippen molar-refractivity contribution in [2.45, 2.75) is 27.2 Å². The van der Waals surface area contributed by atoms with Crippen molar-refractivity contribution in [2.24, 2.45) is 0 Å². The number of hydrogen-bond donors (Lipinski definition) is 0. The molecule has 0 N–H and O–H groups in total. The summed E-state index contributed by atoms with van der Waals surface area (Å²) in [6, 6.07) is 3.97. The lowest BCUT2D eigenvalue weighted by atomic mass is 10.1. The lowest BCUT2D eigenvalue weighted by molar-refractivity contribution is 0.396. The van der Waals surface area contributed by atoms with Gasteiger partial charge in [0.2, 0.25) is 5.88 Å². The van der Waals surface area contributed by atoms with Gasteiger partial charge in [0.1, 0.15) is 0 Å². The molecular formula is C12H17NO. The van der Waals surface area contributed by atoms with Crippen LogP contribution < -0.4 is 4.74 Å². The minimum atomic E-state index is 0.684. The Morgan fingerprint density at radius 2 is 2.14 bits per heavy atom. The maximum absolute atomic E-state index is 5.05. The summed E-state index contributed by atoms with van der Waals surface area (Å²) in [7, 11) is 1.64.